The van der Waals surface area contributed by atoms with Crippen LogP contribution in [0.15, 0.2) is 10.5 Å². The van der Waals surface area contributed by atoms with Gasteiger partial charge in [-0.15, -0.1) is 23.1 Å². The molecule has 2 saturated heterocycles. The molecular formula is C20H27N5O7S2. The van der Waals surface area contributed by atoms with Crippen LogP contribution in [-0.4, -0.2) is 77.0 Å². The molecule has 2 aliphatic rings. The molecule has 0 saturated carbocycles. The number of thiazole rings is 1. The molecule has 3 atom stereocenters. The summed E-state index contributed by atoms with van der Waals surface area (Å²) in [6.07, 6.45) is 0. The summed E-state index contributed by atoms with van der Waals surface area (Å²) in [5.74, 6) is -1.67. The van der Waals surface area contributed by atoms with Crippen molar-refractivity contribution in [2.45, 2.75) is 39.1 Å². The second-order valence-electron chi connectivity index (χ2n) is 9.10. The highest BCUT2D eigenvalue weighted by Gasteiger charge is 2.56. The van der Waals surface area contributed by atoms with Crippen molar-refractivity contribution in [3.63, 3.8) is 0 Å². The number of oxime groups is 1. The number of nitrogens with zero attached hydrogens (tertiary/aromatic N) is 3. The standard InChI is InChI=1S/C20H27N5O7S2/c1-19(2,3)16(28)31-9-32-17(29)20(4)7-25-14(27)12(15(25)34-8-20)23-13(26)11(24-30-5)10-6-33-18(21)22-10/h6,12,15H,7-9H2,1-5H3,(H2,21,22)(H,23,26)/t12?,15-,20?/m1/s1. The molecule has 14 heteroatoms. The number of β-lactam (4-membered cyclic amide) rings is 1. The van der Waals surface area contributed by atoms with Crippen LogP contribution in [0.2, 0.25) is 0 Å². The van der Waals surface area contributed by atoms with Crippen molar-refractivity contribution in [2.24, 2.45) is 16.0 Å². The molecule has 0 aliphatic carbocycles. The van der Waals surface area contributed by atoms with E-state index in [9.17, 15) is 19.2 Å². The van der Waals surface area contributed by atoms with Gasteiger partial charge in [-0.25, -0.2) is 4.98 Å². The Morgan fingerprint density at radius 1 is 1.35 bits per heavy atom. The maximum Gasteiger partial charge on any atom is 0.317 e. The largest absolute Gasteiger partial charge is 0.427 e. The topological polar surface area (TPSA) is 163 Å². The van der Waals surface area contributed by atoms with Gasteiger partial charge in [0.2, 0.25) is 12.7 Å². The van der Waals surface area contributed by atoms with Crippen molar-refractivity contribution >= 4 is 57.7 Å². The lowest BCUT2D eigenvalue weighted by atomic mass is 9.89. The lowest BCUT2D eigenvalue weighted by Crippen LogP contribution is -2.73. The number of aromatic nitrogens is 1. The fraction of sp³-hybridized carbons (Fsp3) is 0.600. The average molecular weight is 514 g/mol. The summed E-state index contributed by atoms with van der Waals surface area (Å²) in [4.78, 5) is 60.2. The number of nitrogens with one attached hydrogen (secondary N) is 1. The van der Waals surface area contributed by atoms with E-state index >= 15 is 0 Å². The Balaban J connectivity index is 1.57. The zero-order valence-corrected chi connectivity index (χ0v) is 21.1. The van der Waals surface area contributed by atoms with Gasteiger partial charge in [-0.05, 0) is 27.7 Å². The van der Waals surface area contributed by atoms with Gasteiger partial charge in [0.1, 0.15) is 24.2 Å². The van der Waals surface area contributed by atoms with Crippen LogP contribution in [0.3, 0.4) is 0 Å². The first-order chi connectivity index (χ1) is 15.9. The number of nitrogen functional groups attached to an aromatic ring is 1. The lowest BCUT2D eigenvalue weighted by Gasteiger charge is -2.53. The number of hydrogen-bond donors (Lipinski definition) is 2. The molecular weight excluding hydrogens is 486 g/mol. The van der Waals surface area contributed by atoms with E-state index in [0.29, 0.717) is 5.75 Å². The van der Waals surface area contributed by atoms with Crippen molar-refractivity contribution < 1.29 is 33.5 Å². The van der Waals surface area contributed by atoms with Crippen LogP contribution in [0.1, 0.15) is 33.4 Å². The molecule has 2 aliphatic heterocycles. The number of carbonyl (C=O) groups is 4. The first kappa shape index (κ1) is 25.7. The zero-order chi connectivity index (χ0) is 25.3. The third-order valence-electron chi connectivity index (χ3n) is 5.17. The number of hydrogen-bond acceptors (Lipinski definition) is 12. The Bertz CT molecular complexity index is 1020. The number of ether oxygens (including phenoxy) is 2. The van der Waals surface area contributed by atoms with Gasteiger partial charge < -0.3 is 30.3 Å². The molecule has 12 nitrogen and oxygen atoms in total. The molecule has 34 heavy (non-hydrogen) atoms. The normalized spacial score (nSPS) is 24.6. The number of rotatable bonds is 7. The van der Waals surface area contributed by atoms with Crippen LogP contribution >= 0.6 is 23.1 Å². The zero-order valence-electron chi connectivity index (χ0n) is 19.4. The minimum atomic E-state index is -0.985. The average Bonchev–Trinajstić information content (AvgIpc) is 3.20. The van der Waals surface area contributed by atoms with E-state index in [-0.39, 0.29) is 34.4 Å². The number of nitrogens with two attached hydrogens (primary N) is 1. The molecule has 0 spiro atoms. The van der Waals surface area contributed by atoms with E-state index in [1.54, 1.807) is 33.1 Å². The first-order valence-electron chi connectivity index (χ1n) is 10.3. The molecule has 2 unspecified atom stereocenters. The molecule has 2 fully saturated rings. The van der Waals surface area contributed by atoms with Crippen molar-refractivity contribution in [3.8, 4) is 0 Å². The van der Waals surface area contributed by atoms with E-state index in [0.717, 1.165) is 11.3 Å². The van der Waals surface area contributed by atoms with Gasteiger partial charge in [0.25, 0.3) is 5.91 Å². The van der Waals surface area contributed by atoms with Crippen LogP contribution in [0.4, 0.5) is 5.13 Å². The molecule has 0 radical (unpaired) electrons. The molecule has 3 N–H and O–H groups in total. The van der Waals surface area contributed by atoms with Gasteiger partial charge in [-0.2, -0.15) is 0 Å². The summed E-state index contributed by atoms with van der Waals surface area (Å²) in [7, 11) is 1.29. The number of anilines is 1. The predicted molar refractivity (Wildman–Crippen MR) is 125 cm³/mol. The number of carbonyl (C=O) groups excluding carboxylic acids is 4. The molecule has 2 amide bonds. The minimum absolute atomic E-state index is 0.0965. The fourth-order valence-corrected chi connectivity index (χ4v) is 5.29. The van der Waals surface area contributed by atoms with Gasteiger partial charge in [-0.1, -0.05) is 5.16 Å². The summed E-state index contributed by atoms with van der Waals surface area (Å²) in [5, 5.41) is 7.86. The summed E-state index contributed by atoms with van der Waals surface area (Å²) < 4.78 is 10.1. The number of fused-ring (bicyclic) bond motifs is 1. The molecule has 3 heterocycles. The van der Waals surface area contributed by atoms with Crippen LogP contribution in [0.25, 0.3) is 0 Å². The number of thioether (sulfide) groups is 1. The van der Waals surface area contributed by atoms with Crippen LogP contribution < -0.4 is 11.1 Å². The van der Waals surface area contributed by atoms with Gasteiger partial charge in [-0.3, -0.25) is 19.2 Å². The molecule has 186 valence electrons. The maximum absolute atomic E-state index is 12.8. The Morgan fingerprint density at radius 2 is 2.06 bits per heavy atom. The fourth-order valence-electron chi connectivity index (χ4n) is 3.25. The molecule has 1 aromatic heterocycles. The van der Waals surface area contributed by atoms with Crippen molar-refractivity contribution in [1.82, 2.24) is 15.2 Å². The van der Waals surface area contributed by atoms with Crippen LogP contribution in [0, 0.1) is 10.8 Å². The van der Waals surface area contributed by atoms with Crippen molar-refractivity contribution in [1.29, 1.82) is 0 Å². The first-order valence-corrected chi connectivity index (χ1v) is 12.2. The second-order valence-corrected chi connectivity index (χ2v) is 11.1. The van der Waals surface area contributed by atoms with E-state index in [1.807, 2.05) is 0 Å². The smallest absolute Gasteiger partial charge is 0.317 e. The monoisotopic (exact) mass is 513 g/mol. The highest BCUT2D eigenvalue weighted by molar-refractivity contribution is 8.00. The molecule has 0 bridgehead atoms. The summed E-state index contributed by atoms with van der Waals surface area (Å²) in [5.41, 5.74) is 4.07. The lowest BCUT2D eigenvalue weighted by molar-refractivity contribution is -0.180. The van der Waals surface area contributed by atoms with Crippen molar-refractivity contribution in [3.05, 3.63) is 11.1 Å². The van der Waals surface area contributed by atoms with Crippen LogP contribution in [0.5, 0.6) is 0 Å². The molecule has 0 aromatic carbocycles. The number of esters is 2. The van der Waals surface area contributed by atoms with E-state index in [2.05, 4.69) is 15.5 Å². The predicted octanol–water partition coefficient (Wildman–Crippen LogP) is 0.572. The SMILES string of the molecule is CON=C(C(=O)NC1C(=O)N2CC(C)(C(=O)OCOC(=O)C(C)(C)C)CS[C@H]12)c1csc(N)n1. The van der Waals surface area contributed by atoms with Gasteiger partial charge in [0.15, 0.2) is 10.8 Å². The maximum atomic E-state index is 12.8. The Kier molecular flexibility index (Phi) is 7.41. The van der Waals surface area contributed by atoms with Crippen molar-refractivity contribution in [2.75, 3.05) is 31.9 Å². The minimum Gasteiger partial charge on any atom is -0.427 e. The van der Waals surface area contributed by atoms with Crippen LogP contribution in [-0.2, 0) is 33.5 Å². The van der Waals surface area contributed by atoms with E-state index < -0.39 is 41.5 Å². The Labute approximate surface area is 204 Å². The summed E-state index contributed by atoms with van der Waals surface area (Å²) in [6.45, 7) is 6.38. The van der Waals surface area contributed by atoms with E-state index in [4.69, 9.17) is 20.0 Å². The Hall–Kier alpha value is -2.87. The quantitative estimate of drug-likeness (QED) is 0.173. The summed E-state index contributed by atoms with van der Waals surface area (Å²) >= 11 is 2.49. The molecule has 1 aromatic rings. The number of amides is 2. The van der Waals surface area contributed by atoms with E-state index in [1.165, 1.54) is 23.8 Å². The Morgan fingerprint density at radius 3 is 2.65 bits per heavy atom. The summed E-state index contributed by atoms with van der Waals surface area (Å²) in [6, 6.07) is -0.788. The van der Waals surface area contributed by atoms with Gasteiger partial charge in [0.05, 0.1) is 10.8 Å². The van der Waals surface area contributed by atoms with Gasteiger partial charge >= 0.3 is 11.9 Å². The highest BCUT2D eigenvalue weighted by atomic mass is 32.2. The highest BCUT2D eigenvalue weighted by Crippen LogP contribution is 2.42. The third kappa shape index (κ3) is 5.27. The third-order valence-corrected chi connectivity index (χ3v) is 7.51. The van der Waals surface area contributed by atoms with Gasteiger partial charge in [0, 0.05) is 17.7 Å². The molecule has 3 rings (SSSR count). The second kappa shape index (κ2) is 9.78.